The van der Waals surface area contributed by atoms with Crippen molar-refractivity contribution in [2.45, 2.75) is 12.8 Å². The van der Waals surface area contributed by atoms with Crippen LogP contribution in [0.5, 0.6) is 0 Å². The number of thiophene rings is 1. The van der Waals surface area contributed by atoms with E-state index < -0.39 is 0 Å². The van der Waals surface area contributed by atoms with E-state index >= 15 is 0 Å². The number of hydrogen-bond acceptors (Lipinski definition) is 5. The molecule has 1 saturated heterocycles. The molecule has 2 N–H and O–H groups in total. The molecule has 0 saturated carbocycles. The number of fused-ring (bicyclic) bond motifs is 1. The minimum atomic E-state index is 0.381. The molecule has 0 aliphatic carbocycles. The van der Waals surface area contributed by atoms with Gasteiger partial charge < -0.3 is 10.6 Å². The lowest BCUT2D eigenvalue weighted by atomic mass is 10.3. The molecule has 3 rings (SSSR count). The molecule has 1 aliphatic rings. The van der Waals surface area contributed by atoms with Crippen molar-refractivity contribution in [2.75, 3.05) is 23.7 Å². The van der Waals surface area contributed by atoms with E-state index in [-0.39, 0.29) is 0 Å². The third kappa shape index (κ3) is 1.43. The van der Waals surface area contributed by atoms with Gasteiger partial charge in [-0.15, -0.1) is 11.3 Å². The third-order valence-corrected chi connectivity index (χ3v) is 3.53. The number of nitrogens with two attached hydrogens (primary N) is 1. The van der Waals surface area contributed by atoms with Crippen molar-refractivity contribution in [1.29, 1.82) is 0 Å². The van der Waals surface area contributed by atoms with Gasteiger partial charge in [-0.05, 0) is 24.3 Å². The van der Waals surface area contributed by atoms with Gasteiger partial charge in [0.15, 0.2) is 0 Å². The fourth-order valence-corrected chi connectivity index (χ4v) is 2.79. The predicted octanol–water partition coefficient (Wildman–Crippen LogP) is 1.87. The minimum absolute atomic E-state index is 0.381. The summed E-state index contributed by atoms with van der Waals surface area (Å²) in [5.41, 5.74) is 5.71. The molecular weight excluding hydrogens is 208 g/mol. The van der Waals surface area contributed by atoms with Gasteiger partial charge in [-0.2, -0.15) is 4.98 Å². The van der Waals surface area contributed by atoms with Gasteiger partial charge in [-0.1, -0.05) is 0 Å². The largest absolute Gasteiger partial charge is 0.368 e. The number of anilines is 2. The maximum atomic E-state index is 5.71. The highest BCUT2D eigenvalue weighted by Gasteiger charge is 2.17. The molecule has 15 heavy (non-hydrogen) atoms. The number of rotatable bonds is 1. The molecular formula is C10H12N4S. The summed E-state index contributed by atoms with van der Waals surface area (Å²) in [5.74, 6) is 1.39. The van der Waals surface area contributed by atoms with Crippen LogP contribution < -0.4 is 10.6 Å². The molecule has 4 nitrogen and oxygen atoms in total. The summed E-state index contributed by atoms with van der Waals surface area (Å²) in [4.78, 5) is 11.9. The van der Waals surface area contributed by atoms with Gasteiger partial charge in [0.1, 0.15) is 10.6 Å². The molecule has 2 aromatic heterocycles. The van der Waals surface area contributed by atoms with Crippen LogP contribution >= 0.6 is 11.3 Å². The first-order valence-corrected chi connectivity index (χ1v) is 5.98. The van der Waals surface area contributed by atoms with Crippen LogP contribution in [0.1, 0.15) is 12.8 Å². The number of nitrogen functional groups attached to an aromatic ring is 1. The highest BCUT2D eigenvalue weighted by molar-refractivity contribution is 7.16. The van der Waals surface area contributed by atoms with E-state index in [1.165, 1.54) is 12.8 Å². The van der Waals surface area contributed by atoms with Gasteiger partial charge in [0.2, 0.25) is 5.95 Å². The maximum Gasteiger partial charge on any atom is 0.223 e. The molecule has 1 fully saturated rings. The number of aromatic nitrogens is 2. The molecule has 0 spiro atoms. The lowest BCUT2D eigenvalue weighted by Crippen LogP contribution is -2.19. The first kappa shape index (κ1) is 8.91. The molecule has 0 bridgehead atoms. The smallest absolute Gasteiger partial charge is 0.223 e. The second-order valence-corrected chi connectivity index (χ2v) is 4.63. The molecule has 5 heteroatoms. The second-order valence-electron chi connectivity index (χ2n) is 3.74. The Morgan fingerprint density at radius 3 is 2.87 bits per heavy atom. The van der Waals surface area contributed by atoms with Gasteiger partial charge in [-0.25, -0.2) is 4.98 Å². The van der Waals surface area contributed by atoms with Crippen LogP contribution in [-0.2, 0) is 0 Å². The summed E-state index contributed by atoms with van der Waals surface area (Å²) < 4.78 is 0. The van der Waals surface area contributed by atoms with Crippen molar-refractivity contribution >= 4 is 33.3 Å². The van der Waals surface area contributed by atoms with Gasteiger partial charge in [0, 0.05) is 13.1 Å². The average molecular weight is 220 g/mol. The minimum Gasteiger partial charge on any atom is -0.368 e. The van der Waals surface area contributed by atoms with Crippen LogP contribution in [0.2, 0.25) is 0 Å². The number of nitrogens with zero attached hydrogens (tertiary/aromatic N) is 3. The van der Waals surface area contributed by atoms with E-state index in [0.29, 0.717) is 5.95 Å². The highest BCUT2D eigenvalue weighted by atomic mass is 32.1. The zero-order valence-electron chi connectivity index (χ0n) is 8.31. The Balaban J connectivity index is 2.18. The summed E-state index contributed by atoms with van der Waals surface area (Å²) in [6, 6.07) is 2.08. The van der Waals surface area contributed by atoms with Crippen molar-refractivity contribution in [3.63, 3.8) is 0 Å². The predicted molar refractivity (Wildman–Crippen MR) is 63.3 cm³/mol. The molecule has 0 unspecified atom stereocenters. The molecule has 2 aromatic rings. The van der Waals surface area contributed by atoms with Crippen molar-refractivity contribution in [1.82, 2.24) is 9.97 Å². The van der Waals surface area contributed by atoms with Crippen molar-refractivity contribution < 1.29 is 0 Å². The molecule has 0 amide bonds. The van der Waals surface area contributed by atoms with Gasteiger partial charge in [0.05, 0.1) is 5.39 Å². The summed E-state index contributed by atoms with van der Waals surface area (Å²) in [7, 11) is 0. The van der Waals surface area contributed by atoms with Crippen molar-refractivity contribution in [2.24, 2.45) is 0 Å². The zero-order chi connectivity index (χ0) is 10.3. The molecule has 0 aromatic carbocycles. The van der Waals surface area contributed by atoms with Crippen LogP contribution in [0, 0.1) is 0 Å². The lowest BCUT2D eigenvalue weighted by Gasteiger charge is -2.17. The van der Waals surface area contributed by atoms with Crippen molar-refractivity contribution in [3.8, 4) is 0 Å². The topological polar surface area (TPSA) is 55.0 Å². The summed E-state index contributed by atoms with van der Waals surface area (Å²) in [5, 5.41) is 3.18. The molecule has 0 radical (unpaired) electrons. The lowest BCUT2D eigenvalue weighted by molar-refractivity contribution is 0.943. The van der Waals surface area contributed by atoms with E-state index in [1.807, 2.05) is 5.38 Å². The Hall–Kier alpha value is -1.36. The Bertz CT molecular complexity index is 487. The maximum absolute atomic E-state index is 5.71. The summed E-state index contributed by atoms with van der Waals surface area (Å²) in [6.07, 6.45) is 2.49. The first-order chi connectivity index (χ1) is 7.34. The highest BCUT2D eigenvalue weighted by Crippen LogP contribution is 2.30. The Labute approximate surface area is 91.7 Å². The van der Waals surface area contributed by atoms with Gasteiger partial charge in [0.25, 0.3) is 0 Å². The van der Waals surface area contributed by atoms with E-state index in [2.05, 4.69) is 20.9 Å². The fourth-order valence-electron chi connectivity index (χ4n) is 2.03. The monoisotopic (exact) mass is 220 g/mol. The third-order valence-electron chi connectivity index (χ3n) is 2.73. The summed E-state index contributed by atoms with van der Waals surface area (Å²) in [6.45, 7) is 2.17. The number of hydrogen-bond donors (Lipinski definition) is 1. The van der Waals surface area contributed by atoms with Gasteiger partial charge in [-0.3, -0.25) is 0 Å². The first-order valence-electron chi connectivity index (χ1n) is 5.10. The van der Waals surface area contributed by atoms with Crippen LogP contribution in [0.15, 0.2) is 11.4 Å². The van der Waals surface area contributed by atoms with Crippen LogP contribution in [-0.4, -0.2) is 23.1 Å². The summed E-state index contributed by atoms with van der Waals surface area (Å²) >= 11 is 1.62. The van der Waals surface area contributed by atoms with E-state index in [1.54, 1.807) is 11.3 Å². The molecule has 1 aliphatic heterocycles. The Kier molecular flexibility index (Phi) is 1.98. The normalized spacial score (nSPS) is 16.4. The van der Waals surface area contributed by atoms with E-state index in [4.69, 9.17) is 5.73 Å². The van der Waals surface area contributed by atoms with Gasteiger partial charge >= 0.3 is 0 Å². The quantitative estimate of drug-likeness (QED) is 0.797. The van der Waals surface area contributed by atoms with E-state index in [9.17, 15) is 0 Å². The van der Waals surface area contributed by atoms with Crippen LogP contribution in [0.3, 0.4) is 0 Å². The zero-order valence-corrected chi connectivity index (χ0v) is 9.13. The standard InChI is InChI=1S/C10H12N4S/c11-10-12-8(14-4-1-2-5-14)7-3-6-15-9(7)13-10/h3,6H,1-2,4-5H2,(H2,11,12,13). The Morgan fingerprint density at radius 1 is 1.27 bits per heavy atom. The Morgan fingerprint density at radius 2 is 2.07 bits per heavy atom. The molecule has 78 valence electrons. The van der Waals surface area contributed by atoms with E-state index in [0.717, 1.165) is 29.1 Å². The molecule has 0 atom stereocenters. The van der Waals surface area contributed by atoms with Crippen LogP contribution in [0.25, 0.3) is 10.2 Å². The SMILES string of the molecule is Nc1nc(N2CCCC2)c2ccsc2n1. The second kappa shape index (κ2) is 3.34. The van der Waals surface area contributed by atoms with Crippen LogP contribution in [0.4, 0.5) is 11.8 Å². The fraction of sp³-hybridized carbons (Fsp3) is 0.400. The average Bonchev–Trinajstić information content (AvgIpc) is 2.86. The van der Waals surface area contributed by atoms with Crippen molar-refractivity contribution in [3.05, 3.63) is 11.4 Å². The molecule has 3 heterocycles.